The van der Waals surface area contributed by atoms with Crippen molar-refractivity contribution in [3.8, 4) is 0 Å². The zero-order valence-electron chi connectivity index (χ0n) is 16.3. The highest BCUT2D eigenvalue weighted by atomic mass is 16.2. The van der Waals surface area contributed by atoms with E-state index >= 15 is 0 Å². The lowest BCUT2D eigenvalue weighted by Crippen LogP contribution is -2.49. The Morgan fingerprint density at radius 3 is 2.93 bits per heavy atom. The highest BCUT2D eigenvalue weighted by Gasteiger charge is 2.26. The van der Waals surface area contributed by atoms with Crippen LogP contribution in [0.15, 0.2) is 49.1 Å². The Balaban J connectivity index is 1.40. The molecule has 27 heavy (non-hydrogen) atoms. The zero-order chi connectivity index (χ0) is 18.9. The van der Waals surface area contributed by atoms with Gasteiger partial charge < -0.3 is 19.7 Å². The van der Waals surface area contributed by atoms with E-state index in [0.717, 1.165) is 45.3 Å². The number of urea groups is 1. The predicted molar refractivity (Wildman–Crippen MR) is 109 cm³/mol. The average Bonchev–Trinajstić information content (AvgIpc) is 3.24. The summed E-state index contributed by atoms with van der Waals surface area (Å²) >= 11 is 0. The summed E-state index contributed by atoms with van der Waals surface area (Å²) in [6, 6.07) is 10.8. The van der Waals surface area contributed by atoms with Gasteiger partial charge in [0.1, 0.15) is 0 Å². The Bertz CT molecular complexity index is 673. The van der Waals surface area contributed by atoms with Gasteiger partial charge in [-0.25, -0.2) is 9.78 Å². The van der Waals surface area contributed by atoms with Crippen LogP contribution in [0.25, 0.3) is 0 Å². The molecule has 1 aromatic carbocycles. The molecule has 146 valence electrons. The summed E-state index contributed by atoms with van der Waals surface area (Å²) in [4.78, 5) is 21.0. The topological polar surface area (TPSA) is 53.4 Å². The first-order valence-corrected chi connectivity index (χ1v) is 10.0. The monoisotopic (exact) mass is 369 g/mol. The molecular formula is C21H31N5O. The van der Waals surface area contributed by atoms with E-state index in [1.54, 1.807) is 6.20 Å². The standard InChI is InChI=1S/C21H31N5O/c1-24(19-8-3-2-4-9-19)14-7-12-23-21(27)26-15-6-5-10-20(26)11-16-25-17-13-22-18-25/h2-4,8-9,13,17-18,20H,5-7,10-12,14-16H2,1H3,(H,23,27). The number of likely N-dealkylation sites (tertiary alicyclic amines) is 1. The minimum atomic E-state index is 0.0905. The Morgan fingerprint density at radius 1 is 1.30 bits per heavy atom. The molecular weight excluding hydrogens is 338 g/mol. The molecule has 1 fully saturated rings. The van der Waals surface area contributed by atoms with Crippen LogP contribution >= 0.6 is 0 Å². The first-order chi connectivity index (χ1) is 13.2. The van der Waals surface area contributed by atoms with Crippen LogP contribution in [-0.2, 0) is 6.54 Å². The second kappa shape index (κ2) is 10.00. The quantitative estimate of drug-likeness (QED) is 0.726. The van der Waals surface area contributed by atoms with Crippen molar-refractivity contribution in [3.63, 3.8) is 0 Å². The maximum absolute atomic E-state index is 12.7. The molecule has 1 saturated heterocycles. The fraction of sp³-hybridized carbons (Fsp3) is 0.524. The predicted octanol–water partition coefficient (Wildman–Crippen LogP) is 3.36. The molecule has 3 rings (SSSR count). The molecule has 1 aliphatic heterocycles. The number of para-hydroxylation sites is 1. The third-order valence-corrected chi connectivity index (χ3v) is 5.31. The van der Waals surface area contributed by atoms with Crippen LogP contribution in [0.5, 0.6) is 0 Å². The number of hydrogen-bond donors (Lipinski definition) is 1. The van der Waals surface area contributed by atoms with Crippen LogP contribution in [0.4, 0.5) is 10.5 Å². The van der Waals surface area contributed by atoms with Crippen molar-refractivity contribution in [3.05, 3.63) is 49.1 Å². The molecule has 2 amide bonds. The average molecular weight is 370 g/mol. The van der Waals surface area contributed by atoms with Gasteiger partial charge in [-0.05, 0) is 44.2 Å². The number of carbonyl (C=O) groups is 1. The molecule has 0 spiro atoms. The Hall–Kier alpha value is -2.50. The number of aryl methyl sites for hydroxylation is 1. The van der Waals surface area contributed by atoms with Crippen LogP contribution in [0.1, 0.15) is 32.1 Å². The van der Waals surface area contributed by atoms with Crippen LogP contribution in [-0.4, -0.2) is 53.2 Å². The summed E-state index contributed by atoms with van der Waals surface area (Å²) in [5, 5.41) is 3.12. The summed E-state index contributed by atoms with van der Waals surface area (Å²) < 4.78 is 2.09. The number of nitrogens with zero attached hydrogens (tertiary/aromatic N) is 4. The molecule has 6 nitrogen and oxygen atoms in total. The van der Waals surface area contributed by atoms with E-state index in [-0.39, 0.29) is 6.03 Å². The number of nitrogens with one attached hydrogen (secondary N) is 1. The summed E-state index contributed by atoms with van der Waals surface area (Å²) in [6.07, 6.45) is 11.0. The summed E-state index contributed by atoms with van der Waals surface area (Å²) in [5.41, 5.74) is 1.21. The molecule has 1 aliphatic rings. The third kappa shape index (κ3) is 5.74. The van der Waals surface area contributed by atoms with E-state index in [4.69, 9.17) is 0 Å². The van der Waals surface area contributed by atoms with Gasteiger partial charge in [-0.15, -0.1) is 0 Å². The minimum Gasteiger partial charge on any atom is -0.375 e. The van der Waals surface area contributed by atoms with Gasteiger partial charge in [0, 0.05) is 57.3 Å². The SMILES string of the molecule is CN(CCCNC(=O)N1CCCCC1CCn1ccnc1)c1ccccc1. The van der Waals surface area contributed by atoms with Crippen molar-refractivity contribution >= 4 is 11.7 Å². The van der Waals surface area contributed by atoms with E-state index in [1.807, 2.05) is 35.6 Å². The van der Waals surface area contributed by atoms with Gasteiger partial charge in [0.15, 0.2) is 0 Å². The van der Waals surface area contributed by atoms with E-state index in [0.29, 0.717) is 12.6 Å². The number of rotatable bonds is 8. The smallest absolute Gasteiger partial charge is 0.317 e. The summed E-state index contributed by atoms with van der Waals surface area (Å²) in [6.45, 7) is 3.41. The van der Waals surface area contributed by atoms with Crippen molar-refractivity contribution in [1.82, 2.24) is 19.8 Å². The molecule has 6 heteroatoms. The molecule has 0 radical (unpaired) electrons. The van der Waals surface area contributed by atoms with E-state index < -0.39 is 0 Å². The molecule has 0 bridgehead atoms. The number of anilines is 1. The lowest BCUT2D eigenvalue weighted by atomic mass is 10.00. The fourth-order valence-corrected chi connectivity index (χ4v) is 3.71. The zero-order valence-corrected chi connectivity index (χ0v) is 16.3. The molecule has 1 unspecified atom stereocenters. The second-order valence-corrected chi connectivity index (χ2v) is 7.27. The van der Waals surface area contributed by atoms with Crippen LogP contribution in [0.3, 0.4) is 0 Å². The van der Waals surface area contributed by atoms with Crippen molar-refractivity contribution in [1.29, 1.82) is 0 Å². The highest BCUT2D eigenvalue weighted by molar-refractivity contribution is 5.74. The van der Waals surface area contributed by atoms with Crippen molar-refractivity contribution in [2.75, 3.05) is 31.6 Å². The normalized spacial score (nSPS) is 16.9. The number of piperidine rings is 1. The van der Waals surface area contributed by atoms with Gasteiger partial charge in [-0.2, -0.15) is 0 Å². The van der Waals surface area contributed by atoms with Gasteiger partial charge in [0.25, 0.3) is 0 Å². The van der Waals surface area contributed by atoms with E-state index in [2.05, 4.69) is 38.9 Å². The van der Waals surface area contributed by atoms with Crippen LogP contribution in [0.2, 0.25) is 0 Å². The van der Waals surface area contributed by atoms with Crippen molar-refractivity contribution in [2.45, 2.75) is 44.7 Å². The lowest BCUT2D eigenvalue weighted by molar-refractivity contribution is 0.144. The molecule has 2 heterocycles. The first-order valence-electron chi connectivity index (χ1n) is 10.0. The van der Waals surface area contributed by atoms with Gasteiger partial charge in [-0.3, -0.25) is 0 Å². The van der Waals surface area contributed by atoms with Crippen molar-refractivity contribution < 1.29 is 4.79 Å². The number of imidazole rings is 1. The number of carbonyl (C=O) groups excluding carboxylic acids is 1. The number of benzene rings is 1. The van der Waals surface area contributed by atoms with Crippen LogP contribution in [0, 0.1) is 0 Å². The maximum Gasteiger partial charge on any atom is 0.317 e. The highest BCUT2D eigenvalue weighted by Crippen LogP contribution is 2.20. The van der Waals surface area contributed by atoms with Gasteiger partial charge >= 0.3 is 6.03 Å². The van der Waals surface area contributed by atoms with Gasteiger partial charge in [-0.1, -0.05) is 18.2 Å². The number of aromatic nitrogens is 2. The molecule has 2 aromatic rings. The molecule has 1 N–H and O–H groups in total. The third-order valence-electron chi connectivity index (χ3n) is 5.31. The molecule has 0 saturated carbocycles. The van der Waals surface area contributed by atoms with E-state index in [9.17, 15) is 4.79 Å². The molecule has 0 aliphatic carbocycles. The van der Waals surface area contributed by atoms with E-state index in [1.165, 1.54) is 12.1 Å². The lowest BCUT2D eigenvalue weighted by Gasteiger charge is -2.36. The number of hydrogen-bond acceptors (Lipinski definition) is 3. The summed E-state index contributed by atoms with van der Waals surface area (Å²) in [7, 11) is 2.09. The first kappa shape index (κ1) is 19.3. The van der Waals surface area contributed by atoms with Gasteiger partial charge in [0.2, 0.25) is 0 Å². The van der Waals surface area contributed by atoms with Gasteiger partial charge in [0.05, 0.1) is 6.33 Å². The second-order valence-electron chi connectivity index (χ2n) is 7.27. The Labute approximate surface area is 162 Å². The Kier molecular flexibility index (Phi) is 7.13. The minimum absolute atomic E-state index is 0.0905. The van der Waals surface area contributed by atoms with Crippen molar-refractivity contribution in [2.24, 2.45) is 0 Å². The maximum atomic E-state index is 12.7. The summed E-state index contributed by atoms with van der Waals surface area (Å²) in [5.74, 6) is 0. The number of amides is 2. The molecule has 1 atom stereocenters. The van der Waals surface area contributed by atoms with Crippen LogP contribution < -0.4 is 10.2 Å². The Morgan fingerprint density at radius 2 is 2.15 bits per heavy atom. The largest absolute Gasteiger partial charge is 0.375 e. The molecule has 1 aromatic heterocycles. The fourth-order valence-electron chi connectivity index (χ4n) is 3.71.